The van der Waals surface area contributed by atoms with Crippen molar-refractivity contribution in [3.05, 3.63) is 47.3 Å². The van der Waals surface area contributed by atoms with E-state index in [4.69, 9.17) is 0 Å². The largest absolute Gasteiger partial charge is 0.395 e. The molecule has 1 aliphatic carbocycles. The molecule has 4 rings (SSSR count). The lowest BCUT2D eigenvalue weighted by molar-refractivity contribution is 0.171. The summed E-state index contributed by atoms with van der Waals surface area (Å²) in [5.41, 5.74) is -0.236. The van der Waals surface area contributed by atoms with Gasteiger partial charge in [0.25, 0.3) is 5.56 Å². The van der Waals surface area contributed by atoms with E-state index in [0.29, 0.717) is 28.2 Å². The molecule has 1 aliphatic rings. The van der Waals surface area contributed by atoms with Crippen molar-refractivity contribution in [2.75, 3.05) is 17.2 Å². The van der Waals surface area contributed by atoms with E-state index < -0.39 is 6.10 Å². The molecule has 146 valence electrons. The van der Waals surface area contributed by atoms with Gasteiger partial charge in [-0.2, -0.15) is 0 Å². The summed E-state index contributed by atoms with van der Waals surface area (Å²) in [5, 5.41) is 26.9. The van der Waals surface area contributed by atoms with Gasteiger partial charge in [-0.25, -0.2) is 9.97 Å². The first-order chi connectivity index (χ1) is 13.7. The van der Waals surface area contributed by atoms with Gasteiger partial charge in [0.15, 0.2) is 0 Å². The normalized spacial score (nSPS) is 19.1. The first-order valence-corrected chi connectivity index (χ1v) is 9.28. The number of nitrogens with one attached hydrogen (secondary N) is 2. The van der Waals surface area contributed by atoms with Gasteiger partial charge < -0.3 is 25.4 Å². The van der Waals surface area contributed by atoms with E-state index in [1.165, 1.54) is 4.57 Å². The van der Waals surface area contributed by atoms with Gasteiger partial charge in [-0.3, -0.25) is 9.78 Å². The van der Waals surface area contributed by atoms with Gasteiger partial charge in [0.05, 0.1) is 30.3 Å². The van der Waals surface area contributed by atoms with E-state index in [-0.39, 0.29) is 24.8 Å². The van der Waals surface area contributed by atoms with Crippen LogP contribution >= 0.6 is 0 Å². The van der Waals surface area contributed by atoms with Crippen molar-refractivity contribution < 1.29 is 10.2 Å². The highest BCUT2D eigenvalue weighted by Crippen LogP contribution is 2.28. The zero-order chi connectivity index (χ0) is 19.5. The van der Waals surface area contributed by atoms with Gasteiger partial charge in [-0.05, 0) is 36.8 Å². The number of rotatable bonds is 6. The average molecular weight is 382 g/mol. The summed E-state index contributed by atoms with van der Waals surface area (Å²) < 4.78 is 1.45. The maximum absolute atomic E-state index is 12.9. The lowest BCUT2D eigenvalue weighted by Crippen LogP contribution is -2.30. The molecule has 0 bridgehead atoms. The summed E-state index contributed by atoms with van der Waals surface area (Å²) in [6.45, 7) is 0.0785. The first kappa shape index (κ1) is 18.3. The van der Waals surface area contributed by atoms with E-state index in [1.807, 2.05) is 6.07 Å². The van der Waals surface area contributed by atoms with Crippen LogP contribution in [0.5, 0.6) is 0 Å². The molecule has 3 heterocycles. The highest BCUT2D eigenvalue weighted by molar-refractivity contribution is 5.93. The van der Waals surface area contributed by atoms with Gasteiger partial charge in [0.1, 0.15) is 17.5 Å². The molecule has 0 spiro atoms. The first-order valence-electron chi connectivity index (χ1n) is 9.28. The van der Waals surface area contributed by atoms with Gasteiger partial charge in [0, 0.05) is 25.1 Å². The standard InChI is InChI=1S/C19H22N6O3/c26-9-8-25-7-4-12-10-15(23-16-11-20-5-6-21-16)24-18(17(12)19(25)28)22-13-2-1-3-14(13)27/h4-7,10-11,13-14,26-27H,1-3,8-9H2,(H2,21,22,23,24)/t13-,14+/m0/s1. The van der Waals surface area contributed by atoms with Crippen LogP contribution in [0.2, 0.25) is 0 Å². The molecule has 3 aromatic rings. The Bertz CT molecular complexity index is 1020. The Morgan fingerprint density at radius 1 is 1.25 bits per heavy atom. The molecule has 0 unspecified atom stereocenters. The Labute approximate surface area is 161 Å². The van der Waals surface area contributed by atoms with E-state index in [2.05, 4.69) is 25.6 Å². The molecule has 4 N–H and O–H groups in total. The van der Waals surface area contributed by atoms with E-state index in [0.717, 1.165) is 19.3 Å². The highest BCUT2D eigenvalue weighted by atomic mass is 16.3. The van der Waals surface area contributed by atoms with Crippen LogP contribution in [-0.4, -0.2) is 48.5 Å². The molecule has 2 atom stereocenters. The second-order valence-corrected chi connectivity index (χ2v) is 6.82. The third kappa shape index (κ3) is 3.67. The van der Waals surface area contributed by atoms with Gasteiger partial charge in [-0.1, -0.05) is 0 Å². The van der Waals surface area contributed by atoms with Crippen molar-refractivity contribution in [1.29, 1.82) is 0 Å². The number of aliphatic hydroxyl groups excluding tert-OH is 2. The molecule has 9 nitrogen and oxygen atoms in total. The van der Waals surface area contributed by atoms with Crippen LogP contribution in [0, 0.1) is 0 Å². The summed E-state index contributed by atoms with van der Waals surface area (Å²) in [4.78, 5) is 25.7. The molecule has 28 heavy (non-hydrogen) atoms. The molecule has 0 saturated heterocycles. The Balaban J connectivity index is 1.80. The SMILES string of the molecule is O=c1c2c(N[C@H]3CCC[C@H]3O)nc(Nc3cnccn3)cc2ccn1CCO. The van der Waals surface area contributed by atoms with E-state index >= 15 is 0 Å². The van der Waals surface area contributed by atoms with Crippen LogP contribution in [0.1, 0.15) is 19.3 Å². The third-order valence-electron chi connectivity index (χ3n) is 4.92. The zero-order valence-corrected chi connectivity index (χ0v) is 15.2. The fourth-order valence-electron chi connectivity index (χ4n) is 3.53. The predicted molar refractivity (Wildman–Crippen MR) is 106 cm³/mol. The van der Waals surface area contributed by atoms with Gasteiger partial charge in [-0.15, -0.1) is 0 Å². The quantitative estimate of drug-likeness (QED) is 0.502. The Morgan fingerprint density at radius 2 is 2.14 bits per heavy atom. The molecule has 3 aromatic heterocycles. The summed E-state index contributed by atoms with van der Waals surface area (Å²) >= 11 is 0. The number of hydrogen-bond acceptors (Lipinski definition) is 8. The van der Waals surface area contributed by atoms with Crippen LogP contribution in [0.3, 0.4) is 0 Å². The third-order valence-corrected chi connectivity index (χ3v) is 4.92. The molecule has 0 aliphatic heterocycles. The number of anilines is 3. The fourth-order valence-corrected chi connectivity index (χ4v) is 3.53. The lowest BCUT2D eigenvalue weighted by atomic mass is 10.1. The minimum absolute atomic E-state index is 0.130. The minimum Gasteiger partial charge on any atom is -0.395 e. The molecule has 1 fully saturated rings. The molecule has 0 aromatic carbocycles. The van der Waals surface area contributed by atoms with Crippen LogP contribution in [0.15, 0.2) is 41.7 Å². The van der Waals surface area contributed by atoms with E-state index in [1.54, 1.807) is 30.9 Å². The number of pyridine rings is 2. The summed E-state index contributed by atoms with van der Waals surface area (Å²) in [6.07, 6.45) is 8.37. The lowest BCUT2D eigenvalue weighted by Gasteiger charge is -2.19. The Morgan fingerprint density at radius 3 is 2.86 bits per heavy atom. The second kappa shape index (κ2) is 7.91. The van der Waals surface area contributed by atoms with Crippen LogP contribution in [0.25, 0.3) is 10.8 Å². The Hall–Kier alpha value is -3.04. The maximum Gasteiger partial charge on any atom is 0.262 e. The summed E-state index contributed by atoms with van der Waals surface area (Å²) in [5.74, 6) is 1.46. The van der Waals surface area contributed by atoms with Crippen molar-refractivity contribution in [3.63, 3.8) is 0 Å². The number of aromatic nitrogens is 4. The number of aliphatic hydroxyl groups is 2. The topological polar surface area (TPSA) is 125 Å². The van der Waals surface area contributed by atoms with Crippen molar-refractivity contribution in [1.82, 2.24) is 19.5 Å². The molecular weight excluding hydrogens is 360 g/mol. The number of hydrogen-bond donors (Lipinski definition) is 4. The van der Waals surface area contributed by atoms with Gasteiger partial charge in [0.2, 0.25) is 0 Å². The minimum atomic E-state index is -0.475. The second-order valence-electron chi connectivity index (χ2n) is 6.82. The highest BCUT2D eigenvalue weighted by Gasteiger charge is 2.26. The smallest absolute Gasteiger partial charge is 0.262 e. The summed E-state index contributed by atoms with van der Waals surface area (Å²) in [6, 6.07) is 3.42. The number of fused-ring (bicyclic) bond motifs is 1. The van der Waals surface area contributed by atoms with Crippen LogP contribution in [-0.2, 0) is 6.54 Å². The zero-order valence-electron chi connectivity index (χ0n) is 15.2. The fraction of sp³-hybridized carbons (Fsp3) is 0.368. The Kier molecular flexibility index (Phi) is 5.18. The van der Waals surface area contributed by atoms with E-state index in [9.17, 15) is 15.0 Å². The average Bonchev–Trinajstić information content (AvgIpc) is 3.09. The molecule has 1 saturated carbocycles. The van der Waals surface area contributed by atoms with Crippen molar-refractivity contribution in [2.45, 2.75) is 38.0 Å². The van der Waals surface area contributed by atoms with Crippen molar-refractivity contribution in [2.24, 2.45) is 0 Å². The molecular formula is C19H22N6O3. The summed E-state index contributed by atoms with van der Waals surface area (Å²) in [7, 11) is 0. The monoisotopic (exact) mass is 382 g/mol. The maximum atomic E-state index is 12.9. The van der Waals surface area contributed by atoms with Crippen molar-refractivity contribution in [3.8, 4) is 0 Å². The molecule has 0 amide bonds. The molecule has 0 radical (unpaired) electrons. The predicted octanol–water partition coefficient (Wildman–Crippen LogP) is 1.25. The van der Waals surface area contributed by atoms with Crippen molar-refractivity contribution >= 4 is 28.2 Å². The van der Waals surface area contributed by atoms with Crippen LogP contribution in [0.4, 0.5) is 17.5 Å². The molecule has 9 heteroatoms. The van der Waals surface area contributed by atoms with Crippen LogP contribution < -0.4 is 16.2 Å². The number of nitrogens with zero attached hydrogens (tertiary/aromatic N) is 4. The van der Waals surface area contributed by atoms with Gasteiger partial charge >= 0.3 is 0 Å².